The summed E-state index contributed by atoms with van der Waals surface area (Å²) in [5.41, 5.74) is 0. The summed E-state index contributed by atoms with van der Waals surface area (Å²) in [6, 6.07) is 0. The predicted octanol–water partition coefficient (Wildman–Crippen LogP) is -0.173. The SMILES string of the molecule is CC(C)C(=O)NCC(=O)NCCCN(C)C. The molecule has 0 aromatic carbocycles. The first kappa shape index (κ1) is 14.9. The second-order valence-electron chi connectivity index (χ2n) is 4.38. The molecule has 0 rings (SSSR count). The molecule has 0 saturated carbocycles. The molecule has 0 spiro atoms. The van der Waals surface area contributed by atoms with Gasteiger partial charge in [-0.25, -0.2) is 0 Å². The zero-order chi connectivity index (χ0) is 12.6. The Kier molecular flexibility index (Phi) is 7.54. The summed E-state index contributed by atoms with van der Waals surface area (Å²) in [5.74, 6) is -0.308. The molecular weight excluding hydrogens is 206 g/mol. The van der Waals surface area contributed by atoms with Crippen LogP contribution in [0.2, 0.25) is 0 Å². The van der Waals surface area contributed by atoms with Gasteiger partial charge in [0, 0.05) is 12.5 Å². The summed E-state index contributed by atoms with van der Waals surface area (Å²) in [6.07, 6.45) is 0.914. The number of hydrogen-bond acceptors (Lipinski definition) is 3. The molecule has 0 unspecified atom stereocenters. The lowest BCUT2D eigenvalue weighted by Gasteiger charge is -2.10. The largest absolute Gasteiger partial charge is 0.355 e. The Labute approximate surface area is 97.6 Å². The molecule has 5 nitrogen and oxygen atoms in total. The van der Waals surface area contributed by atoms with Crippen molar-refractivity contribution in [1.82, 2.24) is 15.5 Å². The molecule has 0 fully saturated rings. The summed E-state index contributed by atoms with van der Waals surface area (Å²) >= 11 is 0. The maximum absolute atomic E-state index is 11.3. The fourth-order valence-corrected chi connectivity index (χ4v) is 1.06. The van der Waals surface area contributed by atoms with Crippen molar-refractivity contribution in [3.05, 3.63) is 0 Å². The molecule has 0 radical (unpaired) electrons. The van der Waals surface area contributed by atoms with Gasteiger partial charge in [-0.1, -0.05) is 13.8 Å². The lowest BCUT2D eigenvalue weighted by Crippen LogP contribution is -2.39. The highest BCUT2D eigenvalue weighted by molar-refractivity contribution is 5.85. The number of amides is 2. The minimum atomic E-state index is -0.132. The molecule has 16 heavy (non-hydrogen) atoms. The molecule has 5 heteroatoms. The van der Waals surface area contributed by atoms with Crippen molar-refractivity contribution in [2.24, 2.45) is 5.92 Å². The van der Waals surface area contributed by atoms with Crippen LogP contribution in [0.3, 0.4) is 0 Å². The Morgan fingerprint density at radius 2 is 1.81 bits per heavy atom. The van der Waals surface area contributed by atoms with Crippen LogP contribution < -0.4 is 10.6 Å². The van der Waals surface area contributed by atoms with E-state index in [0.717, 1.165) is 13.0 Å². The van der Waals surface area contributed by atoms with Crippen molar-refractivity contribution in [1.29, 1.82) is 0 Å². The molecule has 0 bridgehead atoms. The van der Waals surface area contributed by atoms with Gasteiger partial charge in [0.25, 0.3) is 0 Å². The fraction of sp³-hybridized carbons (Fsp3) is 0.818. The monoisotopic (exact) mass is 229 g/mol. The minimum Gasteiger partial charge on any atom is -0.355 e. The first-order valence-electron chi connectivity index (χ1n) is 5.62. The van der Waals surface area contributed by atoms with Crippen molar-refractivity contribution in [2.45, 2.75) is 20.3 Å². The Balaban J connectivity index is 3.49. The molecule has 0 aliphatic rings. The van der Waals surface area contributed by atoms with E-state index in [0.29, 0.717) is 6.54 Å². The standard InChI is InChI=1S/C11H23N3O2/c1-9(2)11(16)13-8-10(15)12-6-5-7-14(3)4/h9H,5-8H2,1-4H3,(H,12,15)(H,13,16). The Morgan fingerprint density at radius 3 is 2.31 bits per heavy atom. The van der Waals surface area contributed by atoms with Gasteiger partial charge in [0.2, 0.25) is 11.8 Å². The molecule has 0 aromatic rings. The third-order valence-corrected chi connectivity index (χ3v) is 2.05. The Hall–Kier alpha value is -1.10. The van der Waals surface area contributed by atoms with Gasteiger partial charge in [0.15, 0.2) is 0 Å². The van der Waals surface area contributed by atoms with E-state index >= 15 is 0 Å². The summed E-state index contributed by atoms with van der Waals surface area (Å²) in [5, 5.41) is 5.32. The van der Waals surface area contributed by atoms with E-state index in [9.17, 15) is 9.59 Å². The molecule has 0 aliphatic carbocycles. The molecule has 2 N–H and O–H groups in total. The summed E-state index contributed by atoms with van der Waals surface area (Å²) < 4.78 is 0. The molecule has 0 atom stereocenters. The molecule has 2 amide bonds. The second kappa shape index (κ2) is 8.10. The Morgan fingerprint density at radius 1 is 1.19 bits per heavy atom. The lowest BCUT2D eigenvalue weighted by molar-refractivity contribution is -0.127. The Bertz CT molecular complexity index is 227. The van der Waals surface area contributed by atoms with Crippen LogP contribution in [0.25, 0.3) is 0 Å². The van der Waals surface area contributed by atoms with Crippen LogP contribution >= 0.6 is 0 Å². The van der Waals surface area contributed by atoms with Gasteiger partial charge >= 0.3 is 0 Å². The van der Waals surface area contributed by atoms with Crippen LogP contribution in [-0.4, -0.2) is 50.4 Å². The van der Waals surface area contributed by atoms with Gasteiger partial charge in [0.05, 0.1) is 6.54 Å². The molecular formula is C11H23N3O2. The zero-order valence-electron chi connectivity index (χ0n) is 10.7. The van der Waals surface area contributed by atoms with Crippen molar-refractivity contribution < 1.29 is 9.59 Å². The normalized spacial score (nSPS) is 10.6. The van der Waals surface area contributed by atoms with Gasteiger partial charge in [-0.05, 0) is 27.1 Å². The van der Waals surface area contributed by atoms with Crippen LogP contribution in [0.4, 0.5) is 0 Å². The summed E-state index contributed by atoms with van der Waals surface area (Å²) in [4.78, 5) is 24.5. The van der Waals surface area contributed by atoms with Crippen LogP contribution in [0.5, 0.6) is 0 Å². The number of rotatable bonds is 7. The second-order valence-corrected chi connectivity index (χ2v) is 4.38. The van der Waals surface area contributed by atoms with E-state index in [1.54, 1.807) is 13.8 Å². The lowest BCUT2D eigenvalue weighted by atomic mass is 10.2. The summed E-state index contributed by atoms with van der Waals surface area (Å²) in [6.45, 7) is 5.25. The zero-order valence-corrected chi connectivity index (χ0v) is 10.7. The minimum absolute atomic E-state index is 0.0684. The van der Waals surface area contributed by atoms with Gasteiger partial charge in [-0.2, -0.15) is 0 Å². The maximum Gasteiger partial charge on any atom is 0.239 e. The van der Waals surface area contributed by atoms with Crippen molar-refractivity contribution in [2.75, 3.05) is 33.7 Å². The van der Waals surface area contributed by atoms with E-state index in [1.165, 1.54) is 0 Å². The average Bonchev–Trinajstić information content (AvgIpc) is 2.20. The summed E-state index contributed by atoms with van der Waals surface area (Å²) in [7, 11) is 3.98. The van der Waals surface area contributed by atoms with E-state index in [-0.39, 0.29) is 24.3 Å². The highest BCUT2D eigenvalue weighted by Crippen LogP contribution is 1.89. The van der Waals surface area contributed by atoms with Crippen molar-refractivity contribution in [3.8, 4) is 0 Å². The third kappa shape index (κ3) is 8.23. The molecule has 0 aromatic heterocycles. The number of carbonyl (C=O) groups excluding carboxylic acids is 2. The maximum atomic E-state index is 11.3. The quantitative estimate of drug-likeness (QED) is 0.596. The van der Waals surface area contributed by atoms with Gasteiger partial charge in [-0.15, -0.1) is 0 Å². The van der Waals surface area contributed by atoms with Gasteiger partial charge in [0.1, 0.15) is 0 Å². The first-order valence-corrected chi connectivity index (χ1v) is 5.62. The fourth-order valence-electron chi connectivity index (χ4n) is 1.06. The van der Waals surface area contributed by atoms with Crippen LogP contribution in [-0.2, 0) is 9.59 Å². The molecule has 0 aliphatic heterocycles. The highest BCUT2D eigenvalue weighted by atomic mass is 16.2. The van der Waals surface area contributed by atoms with E-state index < -0.39 is 0 Å². The van der Waals surface area contributed by atoms with E-state index in [4.69, 9.17) is 0 Å². The number of carbonyl (C=O) groups is 2. The third-order valence-electron chi connectivity index (χ3n) is 2.05. The van der Waals surface area contributed by atoms with Crippen LogP contribution in [0, 0.1) is 5.92 Å². The average molecular weight is 229 g/mol. The highest BCUT2D eigenvalue weighted by Gasteiger charge is 2.08. The van der Waals surface area contributed by atoms with Gasteiger partial charge in [-0.3, -0.25) is 9.59 Å². The topological polar surface area (TPSA) is 61.4 Å². The van der Waals surface area contributed by atoms with Gasteiger partial charge < -0.3 is 15.5 Å². The molecule has 94 valence electrons. The number of nitrogens with one attached hydrogen (secondary N) is 2. The molecule has 0 heterocycles. The first-order chi connectivity index (χ1) is 7.43. The van der Waals surface area contributed by atoms with E-state index in [2.05, 4.69) is 15.5 Å². The van der Waals surface area contributed by atoms with Crippen molar-refractivity contribution >= 4 is 11.8 Å². The number of hydrogen-bond donors (Lipinski definition) is 2. The van der Waals surface area contributed by atoms with Crippen molar-refractivity contribution in [3.63, 3.8) is 0 Å². The van der Waals surface area contributed by atoms with E-state index in [1.807, 2.05) is 14.1 Å². The van der Waals surface area contributed by atoms with Crippen LogP contribution in [0.1, 0.15) is 20.3 Å². The predicted molar refractivity (Wildman–Crippen MR) is 64.0 cm³/mol. The molecule has 0 saturated heterocycles. The number of nitrogens with zero attached hydrogens (tertiary/aromatic N) is 1. The van der Waals surface area contributed by atoms with Crippen LogP contribution in [0.15, 0.2) is 0 Å². The smallest absolute Gasteiger partial charge is 0.239 e.